The zero-order valence-corrected chi connectivity index (χ0v) is 35.3. The van der Waals surface area contributed by atoms with Gasteiger partial charge in [-0.2, -0.15) is 57.9 Å². The summed E-state index contributed by atoms with van der Waals surface area (Å²) in [4.78, 5) is 4.89. The van der Waals surface area contributed by atoms with E-state index in [1.165, 1.54) is 24.3 Å². The summed E-state index contributed by atoms with van der Waals surface area (Å²) in [6, 6.07) is 36.1. The van der Waals surface area contributed by atoms with E-state index in [9.17, 15) is 57.9 Å². The maximum absolute atomic E-state index is 14.1. The van der Waals surface area contributed by atoms with Gasteiger partial charge in [0.2, 0.25) is 0 Å². The van der Waals surface area contributed by atoms with Gasteiger partial charge < -0.3 is 9.13 Å². The Balaban J connectivity index is 1.32. The second kappa shape index (κ2) is 15.8. The van der Waals surface area contributed by atoms with Crippen molar-refractivity contribution in [3.05, 3.63) is 185 Å². The molecule has 0 N–H and O–H groups in total. The van der Waals surface area contributed by atoms with E-state index in [-0.39, 0.29) is 39.9 Å². The van der Waals surface area contributed by atoms with Crippen LogP contribution in [0.1, 0.15) is 33.5 Å². The average Bonchev–Trinajstić information content (AvgIpc) is 3.81. The Bertz CT molecular complexity index is 3490. The number of hydrogen-bond donors (Lipinski definition) is 0. The van der Waals surface area contributed by atoms with Crippen LogP contribution in [0.2, 0.25) is 0 Å². The number of pyridine rings is 1. The summed E-state index contributed by atoms with van der Waals surface area (Å²) in [5.41, 5.74) is -3.14. The predicted octanol–water partition coefficient (Wildman–Crippen LogP) is 16.5. The van der Waals surface area contributed by atoms with Crippen LogP contribution in [0.25, 0.3) is 88.5 Å². The molecule has 0 spiro atoms. The van der Waals surface area contributed by atoms with Crippen molar-refractivity contribution in [1.29, 1.82) is 5.26 Å². The maximum atomic E-state index is 14.1. The molecule has 3 heterocycles. The quantitative estimate of drug-likeness (QED) is 0.161. The van der Waals surface area contributed by atoms with Gasteiger partial charge in [0.1, 0.15) is 0 Å². The van der Waals surface area contributed by atoms with Crippen LogP contribution in [0, 0.1) is 18.3 Å². The summed E-state index contributed by atoms with van der Waals surface area (Å²) in [5, 5.41) is 13.1. The van der Waals surface area contributed by atoms with E-state index in [4.69, 9.17) is 4.98 Å². The van der Waals surface area contributed by atoms with E-state index >= 15 is 0 Å². The van der Waals surface area contributed by atoms with Crippen molar-refractivity contribution in [3.8, 4) is 51.0 Å². The van der Waals surface area contributed by atoms with Gasteiger partial charge in [-0.15, -0.1) is 0 Å². The molecular weight excluding hydrogens is 921 g/mol. The van der Waals surface area contributed by atoms with E-state index < -0.39 is 47.0 Å². The fraction of sp³-hybridized carbons (Fsp3) is 0.0943. The molecule has 0 saturated carbocycles. The molecule has 0 aliphatic carbocycles. The van der Waals surface area contributed by atoms with Crippen LogP contribution >= 0.6 is 0 Å². The summed E-state index contributed by atoms with van der Waals surface area (Å²) in [5.74, 6) is 0. The summed E-state index contributed by atoms with van der Waals surface area (Å²) >= 11 is 0. The van der Waals surface area contributed by atoms with Crippen LogP contribution < -0.4 is 0 Å². The Labute approximate surface area is 382 Å². The summed E-state index contributed by atoms with van der Waals surface area (Å²) in [6.45, 7) is 1.74. The van der Waals surface area contributed by atoms with Gasteiger partial charge in [0.25, 0.3) is 0 Å². The first-order valence-corrected chi connectivity index (χ1v) is 20.8. The van der Waals surface area contributed by atoms with Gasteiger partial charge in [0.15, 0.2) is 0 Å². The molecule has 10 rings (SSSR count). The molecule has 0 aliphatic rings. The highest BCUT2D eigenvalue weighted by Gasteiger charge is 2.39. The summed E-state index contributed by atoms with van der Waals surface area (Å²) in [6.07, 6.45) is -20.5. The second-order valence-corrected chi connectivity index (χ2v) is 16.4. The maximum Gasteiger partial charge on any atom is 0.416 e. The first kappa shape index (κ1) is 44.8. The number of benzene rings is 7. The lowest BCUT2D eigenvalue weighted by Gasteiger charge is -2.21. The highest BCUT2D eigenvalue weighted by molar-refractivity contribution is 6.13. The third kappa shape index (κ3) is 7.87. The van der Waals surface area contributed by atoms with Crippen molar-refractivity contribution in [2.45, 2.75) is 31.6 Å². The minimum absolute atomic E-state index is 0.00764. The normalized spacial score (nSPS) is 12.7. The molecule has 10 aromatic rings. The number of aromatic nitrogens is 3. The van der Waals surface area contributed by atoms with Crippen molar-refractivity contribution in [1.82, 2.24) is 14.1 Å². The molecule has 4 nitrogen and oxygen atoms in total. The number of alkyl halides is 12. The Morgan fingerprint density at radius 3 is 1.17 bits per heavy atom. The van der Waals surface area contributed by atoms with Crippen molar-refractivity contribution < 1.29 is 52.7 Å². The van der Waals surface area contributed by atoms with Crippen molar-refractivity contribution in [2.75, 3.05) is 0 Å². The van der Waals surface area contributed by atoms with Crippen molar-refractivity contribution in [3.63, 3.8) is 0 Å². The Morgan fingerprint density at radius 2 is 0.797 bits per heavy atom. The largest absolute Gasteiger partial charge is 0.416 e. The van der Waals surface area contributed by atoms with Gasteiger partial charge in [-0.1, -0.05) is 66.7 Å². The number of aryl methyl sites for hydroxylation is 1. The molecule has 69 heavy (non-hydrogen) atoms. The zero-order valence-electron chi connectivity index (χ0n) is 35.3. The topological polar surface area (TPSA) is 46.5 Å². The number of halogens is 12. The third-order valence-corrected chi connectivity index (χ3v) is 12.0. The molecule has 0 unspecified atom stereocenters. The van der Waals surface area contributed by atoms with Gasteiger partial charge in [-0.3, -0.25) is 4.98 Å². The zero-order chi connectivity index (χ0) is 48.9. The minimum atomic E-state index is -5.12. The number of rotatable bonds is 5. The predicted molar refractivity (Wildman–Crippen MR) is 239 cm³/mol. The van der Waals surface area contributed by atoms with E-state index in [0.29, 0.717) is 96.2 Å². The number of nitriles is 1. The molecule has 0 radical (unpaired) electrons. The van der Waals surface area contributed by atoms with Crippen LogP contribution in [0.3, 0.4) is 0 Å². The minimum Gasteiger partial charge on any atom is -0.308 e. The summed E-state index contributed by atoms with van der Waals surface area (Å²) in [7, 11) is 0. The lowest BCUT2D eigenvalue weighted by atomic mass is 9.97. The fourth-order valence-corrected chi connectivity index (χ4v) is 9.04. The Hall–Kier alpha value is -8.06. The van der Waals surface area contributed by atoms with E-state index in [1.54, 1.807) is 107 Å². The molecule has 7 aromatic carbocycles. The summed E-state index contributed by atoms with van der Waals surface area (Å²) < 4.78 is 173. The third-order valence-electron chi connectivity index (χ3n) is 12.0. The molecular formula is C53H28F12N4. The lowest BCUT2D eigenvalue weighted by molar-refractivity contribution is -0.144. The van der Waals surface area contributed by atoms with Gasteiger partial charge in [-0.05, 0) is 114 Å². The monoisotopic (exact) mass is 948 g/mol. The molecule has 16 heteroatoms. The molecule has 0 aliphatic heterocycles. The van der Waals surface area contributed by atoms with E-state index in [0.717, 1.165) is 0 Å². The molecule has 0 bridgehead atoms. The second-order valence-electron chi connectivity index (χ2n) is 16.4. The first-order valence-electron chi connectivity index (χ1n) is 20.8. The highest BCUT2D eigenvalue weighted by atomic mass is 19.4. The van der Waals surface area contributed by atoms with Crippen LogP contribution in [0.4, 0.5) is 52.7 Å². The van der Waals surface area contributed by atoms with Gasteiger partial charge >= 0.3 is 24.7 Å². The van der Waals surface area contributed by atoms with Crippen molar-refractivity contribution in [2.24, 2.45) is 0 Å². The number of fused-ring (bicyclic) bond motifs is 6. The lowest BCUT2D eigenvalue weighted by Crippen LogP contribution is -2.11. The van der Waals surface area contributed by atoms with E-state index in [2.05, 4.69) is 6.07 Å². The molecule has 3 aromatic heterocycles. The van der Waals surface area contributed by atoms with Crippen LogP contribution in [0.15, 0.2) is 152 Å². The van der Waals surface area contributed by atoms with Crippen LogP contribution in [0.5, 0.6) is 0 Å². The first-order chi connectivity index (χ1) is 32.6. The SMILES string of the molecule is Cc1cccc(-c2c(-n3c4ccccc4c4ccc(-c5cc(C(F)(F)F)cc(C(F)(F)F)c5)cc43)cc(C#N)cc2-n2c3ccccc3c3ccc(-c4cc(C(F)(F)F)cc(C(F)(F)F)c4)cc32)n1. The van der Waals surface area contributed by atoms with Gasteiger partial charge in [0, 0.05) is 32.8 Å². The highest BCUT2D eigenvalue weighted by Crippen LogP contribution is 2.46. The number of nitrogens with zero attached hydrogens (tertiary/aromatic N) is 4. The fourth-order valence-electron chi connectivity index (χ4n) is 9.04. The van der Waals surface area contributed by atoms with Crippen LogP contribution in [-0.2, 0) is 24.7 Å². The Kier molecular flexibility index (Phi) is 10.2. The molecule has 344 valence electrons. The molecule has 0 amide bonds. The number of hydrogen-bond acceptors (Lipinski definition) is 2. The smallest absolute Gasteiger partial charge is 0.308 e. The van der Waals surface area contributed by atoms with Crippen LogP contribution in [-0.4, -0.2) is 14.1 Å². The number of para-hydroxylation sites is 2. The molecule has 0 saturated heterocycles. The standard InChI is InChI=1S/C53H28F12N4/c1-28-7-6-10-42(67-28)49-47(68-43-11-4-2-8-38(43)40-15-13-30(23-45(40)68)32-19-34(50(54,55)56)25-35(20-32)51(57,58)59)17-29(27-66)18-48(49)69-44-12-5-3-9-39(44)41-16-14-31(24-46(41)69)33-21-36(52(60,61)62)26-37(22-33)53(63,64)65/h2-26H,1H3. The van der Waals surface area contributed by atoms with E-state index in [1.807, 2.05) is 0 Å². The van der Waals surface area contributed by atoms with Gasteiger partial charge in [-0.25, -0.2) is 0 Å². The Morgan fingerprint density at radius 1 is 0.406 bits per heavy atom. The van der Waals surface area contributed by atoms with Crippen molar-refractivity contribution >= 4 is 43.6 Å². The molecule has 0 fully saturated rings. The average molecular weight is 949 g/mol. The van der Waals surface area contributed by atoms with Gasteiger partial charge in [0.05, 0.1) is 73.0 Å². The molecule has 0 atom stereocenters.